The van der Waals surface area contributed by atoms with Gasteiger partial charge in [0.2, 0.25) is 5.91 Å². The Balaban J connectivity index is 3.03. The molecule has 17 heavy (non-hydrogen) atoms. The third kappa shape index (κ3) is 3.85. The van der Waals surface area contributed by atoms with Gasteiger partial charge in [-0.2, -0.15) is 0 Å². The van der Waals surface area contributed by atoms with E-state index in [0.29, 0.717) is 28.6 Å². The van der Waals surface area contributed by atoms with Crippen LogP contribution in [0.5, 0.6) is 0 Å². The number of rotatable bonds is 5. The molecule has 0 aliphatic heterocycles. The molecule has 1 amide bonds. The summed E-state index contributed by atoms with van der Waals surface area (Å²) in [7, 11) is 0. The molecule has 0 aromatic carbocycles. The summed E-state index contributed by atoms with van der Waals surface area (Å²) in [6, 6.07) is 0. The summed E-state index contributed by atoms with van der Waals surface area (Å²) in [4.78, 5) is 20.8. The van der Waals surface area contributed by atoms with Crippen molar-refractivity contribution in [2.45, 2.75) is 13.8 Å². The van der Waals surface area contributed by atoms with Crippen LogP contribution >= 0.6 is 15.9 Å². The molecule has 7 heteroatoms. The fraction of sp³-hybridized carbons (Fsp3) is 0.500. The van der Waals surface area contributed by atoms with Crippen molar-refractivity contribution in [2.75, 3.05) is 23.7 Å². The Labute approximate surface area is 109 Å². The molecule has 94 valence electrons. The second-order valence-electron chi connectivity index (χ2n) is 4.14. The summed E-state index contributed by atoms with van der Waals surface area (Å²) in [5.41, 5.74) is 10.9. The largest absolute Gasteiger partial charge is 0.383 e. The lowest BCUT2D eigenvalue weighted by Gasteiger charge is -2.25. The standard InChI is InChI=1S/C10H16BrN5O/c1-6(2)3-16(4-7(12)17)10-8(11)9(13)14-5-15-10/h5-6H,3-4H2,1-2H3,(H2,12,17)(H2,13,14,15). The van der Waals surface area contributed by atoms with E-state index < -0.39 is 5.91 Å². The second-order valence-corrected chi connectivity index (χ2v) is 4.93. The minimum absolute atomic E-state index is 0.104. The molecule has 6 nitrogen and oxygen atoms in total. The molecule has 1 heterocycles. The molecule has 0 aliphatic carbocycles. The highest BCUT2D eigenvalue weighted by Crippen LogP contribution is 2.27. The van der Waals surface area contributed by atoms with Gasteiger partial charge in [0.25, 0.3) is 0 Å². The van der Waals surface area contributed by atoms with Crippen LogP contribution in [0.1, 0.15) is 13.8 Å². The maximum atomic E-state index is 11.1. The van der Waals surface area contributed by atoms with Crippen LogP contribution in [0.3, 0.4) is 0 Å². The van der Waals surface area contributed by atoms with Crippen molar-refractivity contribution in [3.63, 3.8) is 0 Å². The number of carbonyl (C=O) groups excluding carboxylic acids is 1. The number of aromatic nitrogens is 2. The number of nitrogens with zero attached hydrogens (tertiary/aromatic N) is 3. The van der Waals surface area contributed by atoms with Gasteiger partial charge in [-0.25, -0.2) is 9.97 Å². The lowest BCUT2D eigenvalue weighted by Crippen LogP contribution is -2.37. The highest BCUT2D eigenvalue weighted by molar-refractivity contribution is 9.10. The van der Waals surface area contributed by atoms with E-state index in [0.717, 1.165) is 0 Å². The zero-order valence-corrected chi connectivity index (χ0v) is 11.4. The molecule has 0 atom stereocenters. The van der Waals surface area contributed by atoms with E-state index in [9.17, 15) is 4.79 Å². The predicted octanol–water partition coefficient (Wildman–Crippen LogP) is 0.769. The van der Waals surface area contributed by atoms with Gasteiger partial charge in [0, 0.05) is 6.54 Å². The monoisotopic (exact) mass is 301 g/mol. The first-order chi connectivity index (χ1) is 7.91. The van der Waals surface area contributed by atoms with Crippen LogP contribution in [-0.4, -0.2) is 29.0 Å². The van der Waals surface area contributed by atoms with Crippen LogP contribution in [0.2, 0.25) is 0 Å². The molecule has 1 aromatic rings. The molecule has 0 spiro atoms. The Morgan fingerprint density at radius 1 is 1.53 bits per heavy atom. The van der Waals surface area contributed by atoms with Crippen LogP contribution in [-0.2, 0) is 4.79 Å². The highest BCUT2D eigenvalue weighted by atomic mass is 79.9. The molecule has 0 unspecified atom stereocenters. The quantitative estimate of drug-likeness (QED) is 0.837. The van der Waals surface area contributed by atoms with Gasteiger partial charge in [-0.05, 0) is 21.8 Å². The van der Waals surface area contributed by atoms with Gasteiger partial charge in [0.15, 0.2) is 0 Å². The second kappa shape index (κ2) is 5.81. The zero-order valence-electron chi connectivity index (χ0n) is 9.85. The molecular weight excluding hydrogens is 286 g/mol. The van der Waals surface area contributed by atoms with E-state index in [1.54, 1.807) is 4.90 Å². The molecule has 0 aliphatic rings. The third-order valence-electron chi connectivity index (χ3n) is 2.03. The predicted molar refractivity (Wildman–Crippen MR) is 70.4 cm³/mol. The van der Waals surface area contributed by atoms with Crippen LogP contribution in [0.25, 0.3) is 0 Å². The Morgan fingerprint density at radius 2 is 2.18 bits per heavy atom. The molecule has 0 fully saturated rings. The average molecular weight is 302 g/mol. The number of nitrogen functional groups attached to an aromatic ring is 1. The SMILES string of the molecule is CC(C)CN(CC(N)=O)c1ncnc(N)c1Br. The first kappa shape index (κ1) is 13.7. The number of anilines is 2. The number of hydrogen-bond acceptors (Lipinski definition) is 5. The van der Waals surface area contributed by atoms with Crippen molar-refractivity contribution in [2.24, 2.45) is 11.7 Å². The number of amides is 1. The molecular formula is C10H16BrN5O. The Bertz CT molecular complexity index is 410. The van der Waals surface area contributed by atoms with Crippen molar-refractivity contribution in [1.29, 1.82) is 0 Å². The van der Waals surface area contributed by atoms with Gasteiger partial charge < -0.3 is 16.4 Å². The van der Waals surface area contributed by atoms with Gasteiger partial charge in [0.05, 0.1) is 6.54 Å². The Hall–Kier alpha value is -1.37. The van der Waals surface area contributed by atoms with E-state index in [2.05, 4.69) is 25.9 Å². The number of hydrogen-bond donors (Lipinski definition) is 2. The summed E-state index contributed by atoms with van der Waals surface area (Å²) < 4.78 is 0.585. The molecule has 1 aromatic heterocycles. The number of halogens is 1. The molecule has 0 radical (unpaired) electrons. The van der Waals surface area contributed by atoms with Gasteiger partial charge >= 0.3 is 0 Å². The summed E-state index contributed by atoms with van der Waals surface area (Å²) in [6.45, 7) is 4.87. The molecule has 0 saturated carbocycles. The molecule has 0 bridgehead atoms. The highest BCUT2D eigenvalue weighted by Gasteiger charge is 2.17. The minimum atomic E-state index is -0.408. The summed E-state index contributed by atoms with van der Waals surface area (Å²) >= 11 is 3.32. The average Bonchev–Trinajstić information content (AvgIpc) is 2.19. The van der Waals surface area contributed by atoms with Gasteiger partial charge in [-0.15, -0.1) is 0 Å². The molecule has 1 rings (SSSR count). The van der Waals surface area contributed by atoms with E-state index in [-0.39, 0.29) is 6.54 Å². The number of nitrogens with two attached hydrogens (primary N) is 2. The molecule has 0 saturated heterocycles. The van der Waals surface area contributed by atoms with Crippen molar-refractivity contribution in [3.8, 4) is 0 Å². The van der Waals surface area contributed by atoms with Crippen molar-refractivity contribution in [3.05, 3.63) is 10.8 Å². The topological polar surface area (TPSA) is 98.1 Å². The smallest absolute Gasteiger partial charge is 0.236 e. The Morgan fingerprint density at radius 3 is 2.71 bits per heavy atom. The van der Waals surface area contributed by atoms with Crippen molar-refractivity contribution in [1.82, 2.24) is 9.97 Å². The maximum Gasteiger partial charge on any atom is 0.236 e. The van der Waals surface area contributed by atoms with Crippen LogP contribution < -0.4 is 16.4 Å². The summed E-state index contributed by atoms with van der Waals surface area (Å²) in [5, 5.41) is 0. The third-order valence-corrected chi connectivity index (χ3v) is 2.79. The lowest BCUT2D eigenvalue weighted by atomic mass is 10.2. The van der Waals surface area contributed by atoms with Crippen molar-refractivity contribution < 1.29 is 4.79 Å². The van der Waals surface area contributed by atoms with E-state index in [4.69, 9.17) is 11.5 Å². The Kier molecular flexibility index (Phi) is 4.68. The molecule has 4 N–H and O–H groups in total. The van der Waals surface area contributed by atoms with Crippen LogP contribution in [0.15, 0.2) is 10.8 Å². The fourth-order valence-corrected chi connectivity index (χ4v) is 1.90. The van der Waals surface area contributed by atoms with Gasteiger partial charge in [-0.1, -0.05) is 13.8 Å². The van der Waals surface area contributed by atoms with Crippen LogP contribution in [0.4, 0.5) is 11.6 Å². The van der Waals surface area contributed by atoms with E-state index in [1.807, 2.05) is 13.8 Å². The summed E-state index contributed by atoms with van der Waals surface area (Å²) in [5.74, 6) is 0.894. The van der Waals surface area contributed by atoms with E-state index >= 15 is 0 Å². The first-order valence-corrected chi connectivity index (χ1v) is 6.00. The maximum absolute atomic E-state index is 11.1. The zero-order chi connectivity index (χ0) is 13.0. The fourth-order valence-electron chi connectivity index (χ4n) is 1.45. The van der Waals surface area contributed by atoms with Crippen molar-refractivity contribution >= 4 is 33.5 Å². The van der Waals surface area contributed by atoms with Gasteiger partial charge in [-0.3, -0.25) is 4.79 Å². The first-order valence-electron chi connectivity index (χ1n) is 5.21. The number of primary amides is 1. The van der Waals surface area contributed by atoms with E-state index in [1.165, 1.54) is 6.33 Å². The lowest BCUT2D eigenvalue weighted by molar-refractivity contribution is -0.116. The minimum Gasteiger partial charge on any atom is -0.383 e. The number of carbonyl (C=O) groups is 1. The normalized spacial score (nSPS) is 10.6. The van der Waals surface area contributed by atoms with Gasteiger partial charge in [0.1, 0.15) is 22.4 Å². The van der Waals surface area contributed by atoms with Crippen LogP contribution in [0, 0.1) is 5.92 Å². The summed E-state index contributed by atoms with van der Waals surface area (Å²) in [6.07, 6.45) is 1.36.